The summed E-state index contributed by atoms with van der Waals surface area (Å²) in [6, 6.07) is 16.5. The van der Waals surface area contributed by atoms with Crippen molar-refractivity contribution in [3.8, 4) is 5.75 Å². The lowest BCUT2D eigenvalue weighted by molar-refractivity contribution is 0.0997. The number of aliphatic hydroxyl groups is 1. The summed E-state index contributed by atoms with van der Waals surface area (Å²) in [6.45, 7) is 4.42. The van der Waals surface area contributed by atoms with E-state index in [4.69, 9.17) is 9.72 Å². The number of fused-ring (bicyclic) bond motifs is 5. The van der Waals surface area contributed by atoms with E-state index in [0.29, 0.717) is 0 Å². The monoisotopic (exact) mass is 386 g/mol. The highest BCUT2D eigenvalue weighted by Gasteiger charge is 2.35. The van der Waals surface area contributed by atoms with Crippen molar-refractivity contribution in [1.82, 2.24) is 9.97 Å². The maximum atomic E-state index is 11.0. The molecule has 29 heavy (non-hydrogen) atoms. The predicted molar refractivity (Wildman–Crippen MR) is 116 cm³/mol. The van der Waals surface area contributed by atoms with Gasteiger partial charge in [0.2, 0.25) is 0 Å². The fraction of sp³-hybridized carbons (Fsp3) is 0.320. The minimum absolute atomic E-state index is 0.0383. The van der Waals surface area contributed by atoms with Crippen LogP contribution in [-0.2, 0) is 12.8 Å². The predicted octanol–water partition coefficient (Wildman–Crippen LogP) is 5.32. The Bertz CT molecular complexity index is 1210. The number of para-hydroxylation sites is 1. The molecule has 1 atom stereocenters. The van der Waals surface area contributed by atoms with Crippen molar-refractivity contribution >= 4 is 21.8 Å². The van der Waals surface area contributed by atoms with E-state index in [1.54, 1.807) is 7.11 Å². The summed E-state index contributed by atoms with van der Waals surface area (Å²) < 4.78 is 5.29. The maximum absolute atomic E-state index is 11.0. The maximum Gasteiger partial charge on any atom is 0.118 e. The molecule has 0 aliphatic heterocycles. The molecule has 148 valence electrons. The van der Waals surface area contributed by atoms with Crippen LogP contribution >= 0.6 is 0 Å². The molecule has 0 unspecified atom stereocenters. The molecule has 2 heterocycles. The molecular weight excluding hydrogens is 360 g/mol. The third-order valence-electron chi connectivity index (χ3n) is 6.10. The lowest BCUT2D eigenvalue weighted by Crippen LogP contribution is -2.27. The second kappa shape index (κ2) is 6.60. The van der Waals surface area contributed by atoms with Crippen LogP contribution in [0.25, 0.3) is 21.8 Å². The summed E-state index contributed by atoms with van der Waals surface area (Å²) in [6.07, 6.45) is 1.88. The molecule has 4 aromatic rings. The first-order valence-corrected chi connectivity index (χ1v) is 10.2. The molecule has 2 N–H and O–H groups in total. The van der Waals surface area contributed by atoms with E-state index in [-0.39, 0.29) is 5.41 Å². The van der Waals surface area contributed by atoms with Gasteiger partial charge in [-0.25, -0.2) is 0 Å². The van der Waals surface area contributed by atoms with E-state index in [2.05, 4.69) is 49.2 Å². The Hall–Kier alpha value is -2.85. The van der Waals surface area contributed by atoms with Crippen LogP contribution in [0.15, 0.2) is 48.5 Å². The van der Waals surface area contributed by atoms with E-state index in [0.717, 1.165) is 63.8 Å². The van der Waals surface area contributed by atoms with Crippen molar-refractivity contribution < 1.29 is 9.84 Å². The molecule has 1 aliphatic carbocycles. The first kappa shape index (κ1) is 18.2. The van der Waals surface area contributed by atoms with Gasteiger partial charge in [-0.15, -0.1) is 0 Å². The summed E-state index contributed by atoms with van der Waals surface area (Å²) in [7, 11) is 1.68. The zero-order valence-corrected chi connectivity index (χ0v) is 17.1. The number of H-pyrrole nitrogens is 1. The van der Waals surface area contributed by atoms with Crippen LogP contribution in [0.4, 0.5) is 0 Å². The molecule has 0 saturated heterocycles. The molecule has 4 heteroatoms. The number of benzene rings is 2. The number of rotatable bonds is 3. The summed E-state index contributed by atoms with van der Waals surface area (Å²) in [4.78, 5) is 8.68. The van der Waals surface area contributed by atoms with E-state index >= 15 is 0 Å². The zero-order chi connectivity index (χ0) is 20.2. The Kier molecular flexibility index (Phi) is 4.14. The van der Waals surface area contributed by atoms with Crippen LogP contribution in [-0.4, -0.2) is 22.2 Å². The average molecular weight is 386 g/mol. The molecule has 0 bridgehead atoms. The highest BCUT2D eigenvalue weighted by atomic mass is 16.5. The number of ether oxygens (including phenoxy) is 1. The van der Waals surface area contributed by atoms with E-state index < -0.39 is 6.10 Å². The van der Waals surface area contributed by atoms with Crippen LogP contribution in [0.1, 0.15) is 48.9 Å². The fourth-order valence-electron chi connectivity index (χ4n) is 4.77. The van der Waals surface area contributed by atoms with Gasteiger partial charge >= 0.3 is 0 Å². The summed E-state index contributed by atoms with van der Waals surface area (Å²) >= 11 is 0. The molecule has 1 aliphatic rings. The Balaban J connectivity index is 1.74. The third kappa shape index (κ3) is 3.08. The van der Waals surface area contributed by atoms with Crippen LogP contribution in [0, 0.1) is 5.41 Å². The van der Waals surface area contributed by atoms with E-state index in [9.17, 15) is 5.11 Å². The second-order valence-electron chi connectivity index (χ2n) is 8.93. The Morgan fingerprint density at radius 2 is 1.90 bits per heavy atom. The highest BCUT2D eigenvalue weighted by molar-refractivity contribution is 6.10. The molecule has 0 spiro atoms. The first-order chi connectivity index (χ1) is 13.9. The zero-order valence-electron chi connectivity index (χ0n) is 17.1. The summed E-state index contributed by atoms with van der Waals surface area (Å²) in [5.74, 6) is 0.854. The molecule has 0 radical (unpaired) electrons. The molecule has 0 amide bonds. The lowest BCUT2D eigenvalue weighted by Gasteiger charge is -2.34. The van der Waals surface area contributed by atoms with E-state index in [1.165, 1.54) is 5.56 Å². The number of hydrogen-bond donors (Lipinski definition) is 2. The Morgan fingerprint density at radius 1 is 1.14 bits per heavy atom. The topological polar surface area (TPSA) is 58.1 Å². The second-order valence-corrected chi connectivity index (χ2v) is 8.93. The van der Waals surface area contributed by atoms with Crippen molar-refractivity contribution in [3.05, 3.63) is 71.0 Å². The number of methoxy groups -OCH3 is 1. The molecule has 2 aromatic heterocycles. The molecule has 2 aromatic carbocycles. The van der Waals surface area contributed by atoms with Crippen LogP contribution in [0.3, 0.4) is 0 Å². The molecule has 4 nitrogen and oxygen atoms in total. The largest absolute Gasteiger partial charge is 0.497 e. The SMILES string of the molecule is COc1ccc(Cc2nc3c(c4c2[nH]c2ccccc24)[C@H](O)CC(C)(C)C3)cc1. The van der Waals surface area contributed by atoms with Gasteiger partial charge in [-0.1, -0.05) is 44.2 Å². The number of aromatic amines is 1. The number of nitrogens with zero attached hydrogens (tertiary/aromatic N) is 1. The number of aliphatic hydroxyl groups excluding tert-OH is 1. The fourth-order valence-corrected chi connectivity index (χ4v) is 4.77. The Morgan fingerprint density at radius 3 is 2.66 bits per heavy atom. The number of hydrogen-bond acceptors (Lipinski definition) is 3. The number of nitrogens with one attached hydrogen (secondary N) is 1. The lowest BCUT2D eigenvalue weighted by atomic mass is 9.74. The molecule has 0 fully saturated rings. The normalized spacial score (nSPS) is 18.1. The third-order valence-corrected chi connectivity index (χ3v) is 6.10. The highest BCUT2D eigenvalue weighted by Crippen LogP contribution is 2.45. The minimum atomic E-state index is -0.488. The molecule has 0 saturated carbocycles. The van der Waals surface area contributed by atoms with Gasteiger partial charge in [-0.05, 0) is 42.0 Å². The van der Waals surface area contributed by atoms with Gasteiger partial charge in [0.05, 0.1) is 24.4 Å². The minimum Gasteiger partial charge on any atom is -0.497 e. The molecular formula is C25H26N2O2. The van der Waals surface area contributed by atoms with Gasteiger partial charge in [-0.3, -0.25) is 4.98 Å². The van der Waals surface area contributed by atoms with Crippen LogP contribution in [0.5, 0.6) is 5.75 Å². The van der Waals surface area contributed by atoms with Crippen molar-refractivity contribution in [3.63, 3.8) is 0 Å². The van der Waals surface area contributed by atoms with Gasteiger partial charge < -0.3 is 14.8 Å². The van der Waals surface area contributed by atoms with E-state index in [1.807, 2.05) is 18.2 Å². The van der Waals surface area contributed by atoms with Gasteiger partial charge in [0.1, 0.15) is 5.75 Å². The number of aromatic nitrogens is 2. The van der Waals surface area contributed by atoms with Crippen LogP contribution < -0.4 is 4.74 Å². The Labute approximate surface area is 170 Å². The van der Waals surface area contributed by atoms with Crippen LogP contribution in [0.2, 0.25) is 0 Å². The van der Waals surface area contributed by atoms with Crippen molar-refractivity contribution in [2.45, 2.75) is 39.2 Å². The quantitative estimate of drug-likeness (QED) is 0.501. The van der Waals surface area contributed by atoms with Crippen molar-refractivity contribution in [1.29, 1.82) is 0 Å². The van der Waals surface area contributed by atoms with Gasteiger partial charge in [0.25, 0.3) is 0 Å². The number of pyridine rings is 1. The van der Waals surface area contributed by atoms with Gasteiger partial charge in [-0.2, -0.15) is 0 Å². The molecule has 5 rings (SSSR count). The van der Waals surface area contributed by atoms with Gasteiger partial charge in [0, 0.05) is 34.0 Å². The smallest absolute Gasteiger partial charge is 0.118 e. The standard InChI is InChI=1S/C25H26N2O2/c1-25(2)13-20-23(21(28)14-25)22-17-6-4-5-7-18(17)27-24(22)19(26-20)12-15-8-10-16(29-3)11-9-15/h4-11,21,27-28H,12-14H2,1-3H3/t21-/m1/s1. The van der Waals surface area contributed by atoms with Gasteiger partial charge in [0.15, 0.2) is 0 Å². The van der Waals surface area contributed by atoms with Crippen molar-refractivity contribution in [2.24, 2.45) is 5.41 Å². The first-order valence-electron chi connectivity index (χ1n) is 10.2. The van der Waals surface area contributed by atoms with Crippen molar-refractivity contribution in [2.75, 3.05) is 7.11 Å². The summed E-state index contributed by atoms with van der Waals surface area (Å²) in [5.41, 5.74) is 6.44. The average Bonchev–Trinajstić information content (AvgIpc) is 3.07. The summed E-state index contributed by atoms with van der Waals surface area (Å²) in [5, 5.41) is 13.3.